The number of anilines is 1. The molecule has 27 heavy (non-hydrogen) atoms. The molecule has 2 N–H and O–H groups in total. The van der Waals surface area contributed by atoms with Gasteiger partial charge in [-0.1, -0.05) is 29.4 Å². The van der Waals surface area contributed by atoms with Crippen LogP contribution in [-0.4, -0.2) is 33.9 Å². The summed E-state index contributed by atoms with van der Waals surface area (Å²) in [6.45, 7) is 1.87. The zero-order valence-corrected chi connectivity index (χ0v) is 16.3. The van der Waals surface area contributed by atoms with Gasteiger partial charge in [0.1, 0.15) is 5.82 Å². The third-order valence-corrected chi connectivity index (χ3v) is 4.30. The minimum absolute atomic E-state index is 0. The van der Waals surface area contributed by atoms with E-state index in [-0.39, 0.29) is 42.3 Å². The molecule has 9 heteroatoms. The summed E-state index contributed by atoms with van der Waals surface area (Å²) in [5, 5.41) is 3.92. The van der Waals surface area contributed by atoms with Crippen molar-refractivity contribution in [2.45, 2.75) is 27.2 Å². The van der Waals surface area contributed by atoms with Crippen LogP contribution in [0.2, 0.25) is 0 Å². The lowest BCUT2D eigenvalue weighted by Crippen LogP contribution is -2.08. The second-order valence-corrected chi connectivity index (χ2v) is 6.74. The van der Waals surface area contributed by atoms with Gasteiger partial charge >= 0.3 is 5.97 Å². The second-order valence-electron chi connectivity index (χ2n) is 5.46. The van der Waals surface area contributed by atoms with Crippen LogP contribution in [0, 0.1) is 5.92 Å². The Balaban J connectivity index is 0.000000444. The third kappa shape index (κ3) is 5.90. The largest absolute Gasteiger partial charge is 0.461 e. The van der Waals surface area contributed by atoms with E-state index < -0.39 is 5.97 Å². The fourth-order valence-electron chi connectivity index (χ4n) is 2.02. The maximum Gasteiger partial charge on any atom is 0.359 e. The Labute approximate surface area is 170 Å². The molecule has 7 nitrogen and oxygen atoms in total. The summed E-state index contributed by atoms with van der Waals surface area (Å²) in [5.41, 5.74) is 6.46. The number of rotatable bonds is 5. The Bertz CT molecular complexity index is 834. The Kier molecular flexibility index (Phi) is 8.65. The van der Waals surface area contributed by atoms with Crippen molar-refractivity contribution in [3.05, 3.63) is 40.0 Å². The van der Waals surface area contributed by atoms with Gasteiger partial charge in [-0.3, -0.25) is 9.59 Å². The highest BCUT2D eigenvalue weighted by Gasteiger charge is 2.27. The molecule has 0 aliphatic heterocycles. The van der Waals surface area contributed by atoms with Gasteiger partial charge < -0.3 is 10.5 Å². The minimum atomic E-state index is -0.671. The van der Waals surface area contributed by atoms with Crippen LogP contribution in [0.25, 0.3) is 5.69 Å². The van der Waals surface area contributed by atoms with E-state index in [0.717, 1.165) is 17.3 Å². The quantitative estimate of drug-likeness (QED) is 0.412. The highest BCUT2D eigenvalue weighted by Crippen LogP contribution is 2.30. The zero-order chi connectivity index (χ0) is 19.3. The number of aromatic nitrogens is 2. The van der Waals surface area contributed by atoms with Crippen LogP contribution in [0.5, 0.6) is 0 Å². The van der Waals surface area contributed by atoms with Crippen LogP contribution >= 0.6 is 27.5 Å². The average molecular weight is 459 g/mol. The average Bonchev–Trinajstić information content (AvgIpc) is 3.39. The molecule has 3 rings (SSSR count). The minimum Gasteiger partial charge on any atom is -0.461 e. The molecule has 0 spiro atoms. The summed E-state index contributed by atoms with van der Waals surface area (Å²) < 4.78 is 7.02. The van der Waals surface area contributed by atoms with E-state index >= 15 is 0 Å². The van der Waals surface area contributed by atoms with Crippen molar-refractivity contribution in [2.75, 3.05) is 12.3 Å². The molecule has 1 aliphatic carbocycles. The molecule has 0 radical (unpaired) electrons. The Morgan fingerprint density at radius 3 is 2.56 bits per heavy atom. The smallest absolute Gasteiger partial charge is 0.359 e. The van der Waals surface area contributed by atoms with Crippen LogP contribution < -0.4 is 5.73 Å². The van der Waals surface area contributed by atoms with Gasteiger partial charge in [0.05, 0.1) is 17.9 Å². The molecular formula is C18H21BrClN3O4. The van der Waals surface area contributed by atoms with Gasteiger partial charge in [0, 0.05) is 10.4 Å². The number of nitrogen functional groups attached to an aromatic ring is 1. The zero-order valence-electron chi connectivity index (χ0n) is 13.9. The fourth-order valence-corrected chi connectivity index (χ4v) is 2.63. The molecule has 0 saturated heterocycles. The molecule has 1 aromatic carbocycles. The maximum atomic E-state index is 11.8. The summed E-state index contributed by atoms with van der Waals surface area (Å²) in [6, 6.07) is 7.17. The van der Waals surface area contributed by atoms with Gasteiger partial charge in [0.2, 0.25) is 5.24 Å². The molecule has 1 saturated carbocycles. The molecule has 0 unspecified atom stereocenters. The van der Waals surface area contributed by atoms with E-state index in [2.05, 4.69) is 21.0 Å². The lowest BCUT2D eigenvalue weighted by atomic mass is 10.2. The van der Waals surface area contributed by atoms with Gasteiger partial charge in [-0.15, -0.1) is 0 Å². The van der Waals surface area contributed by atoms with Crippen molar-refractivity contribution in [3.8, 4) is 5.69 Å². The molecule has 0 bridgehead atoms. The highest BCUT2D eigenvalue weighted by molar-refractivity contribution is 9.10. The van der Waals surface area contributed by atoms with E-state index in [1.807, 2.05) is 6.07 Å². The molecule has 0 amide bonds. The molecule has 0 atom stereocenters. The van der Waals surface area contributed by atoms with E-state index in [4.69, 9.17) is 22.1 Å². The van der Waals surface area contributed by atoms with Gasteiger partial charge in [-0.25, -0.2) is 9.48 Å². The van der Waals surface area contributed by atoms with Crippen LogP contribution in [0.1, 0.15) is 48.0 Å². The predicted molar refractivity (Wildman–Crippen MR) is 107 cm³/mol. The summed E-state index contributed by atoms with van der Waals surface area (Å²) >= 11 is 8.37. The SMILES string of the molecule is C.CCOC(=O)c1nn(-c2cccc(Br)c2)c(N)c1C=O.O=C(Cl)C1CC1. The second kappa shape index (κ2) is 10.2. The van der Waals surface area contributed by atoms with Crippen LogP contribution in [-0.2, 0) is 9.53 Å². The van der Waals surface area contributed by atoms with E-state index in [9.17, 15) is 14.4 Å². The first-order valence-electron chi connectivity index (χ1n) is 7.85. The molecule has 146 valence electrons. The summed E-state index contributed by atoms with van der Waals surface area (Å²) in [6.07, 6.45) is 2.54. The standard InChI is InChI=1S/C13H12BrN3O3.C4H5ClO.CH4/c1-2-20-13(19)11-10(7-18)12(15)17(16-11)9-5-3-4-8(14)6-9;5-4(6)3-1-2-3;/h3-7H,2,15H2,1H3;3H,1-2H2;1H4. The first-order valence-corrected chi connectivity index (χ1v) is 9.02. The van der Waals surface area contributed by atoms with Crippen molar-refractivity contribution < 1.29 is 19.1 Å². The summed E-state index contributed by atoms with van der Waals surface area (Å²) in [7, 11) is 0. The van der Waals surface area contributed by atoms with Crippen LogP contribution in [0.15, 0.2) is 28.7 Å². The van der Waals surface area contributed by atoms with Crippen molar-refractivity contribution in [2.24, 2.45) is 5.92 Å². The fraction of sp³-hybridized carbons (Fsp3) is 0.333. The molecule has 1 aliphatic rings. The number of halogens is 2. The van der Waals surface area contributed by atoms with E-state index in [0.29, 0.717) is 12.0 Å². The van der Waals surface area contributed by atoms with Gasteiger partial charge in [0.25, 0.3) is 0 Å². The number of hydrogen-bond donors (Lipinski definition) is 1. The van der Waals surface area contributed by atoms with Crippen LogP contribution in [0.3, 0.4) is 0 Å². The van der Waals surface area contributed by atoms with Gasteiger partial charge in [-0.2, -0.15) is 5.10 Å². The van der Waals surface area contributed by atoms with E-state index in [1.165, 1.54) is 4.68 Å². The molecule has 1 aromatic heterocycles. The monoisotopic (exact) mass is 457 g/mol. The van der Waals surface area contributed by atoms with Crippen molar-refractivity contribution >= 4 is 50.8 Å². The number of carbonyl (C=O) groups is 3. The molecule has 1 heterocycles. The maximum absolute atomic E-state index is 11.8. The van der Waals surface area contributed by atoms with Gasteiger partial charge in [0.15, 0.2) is 12.0 Å². The van der Waals surface area contributed by atoms with Crippen molar-refractivity contribution in [1.29, 1.82) is 0 Å². The van der Waals surface area contributed by atoms with Crippen LogP contribution in [0.4, 0.5) is 5.82 Å². The third-order valence-electron chi connectivity index (χ3n) is 3.50. The summed E-state index contributed by atoms with van der Waals surface area (Å²) in [5.74, 6) is -0.345. The topological polar surface area (TPSA) is 104 Å². The number of carbonyl (C=O) groups excluding carboxylic acids is 3. The lowest BCUT2D eigenvalue weighted by Gasteiger charge is -2.04. The molecule has 1 fully saturated rings. The number of hydrogen-bond acceptors (Lipinski definition) is 6. The van der Waals surface area contributed by atoms with Crippen molar-refractivity contribution in [3.63, 3.8) is 0 Å². The first kappa shape index (κ1) is 22.9. The predicted octanol–water partition coefficient (Wildman–Crippen LogP) is 4.00. The van der Waals surface area contributed by atoms with E-state index in [1.54, 1.807) is 25.1 Å². The van der Waals surface area contributed by atoms with Gasteiger partial charge in [-0.05, 0) is 49.6 Å². The Hall–Kier alpha value is -2.19. The number of aldehydes is 1. The molecule has 2 aromatic rings. The Morgan fingerprint density at radius 2 is 2.11 bits per heavy atom. The lowest BCUT2D eigenvalue weighted by molar-refractivity contribution is -0.112. The normalized spacial score (nSPS) is 12.3. The summed E-state index contributed by atoms with van der Waals surface area (Å²) in [4.78, 5) is 32.9. The Morgan fingerprint density at radius 1 is 1.44 bits per heavy atom. The molecular weight excluding hydrogens is 438 g/mol. The number of nitrogens with two attached hydrogens (primary N) is 1. The number of esters is 1. The number of nitrogens with zero attached hydrogens (tertiary/aromatic N) is 2. The first-order chi connectivity index (χ1) is 12.4. The van der Waals surface area contributed by atoms with Crippen molar-refractivity contribution in [1.82, 2.24) is 9.78 Å². The highest BCUT2D eigenvalue weighted by atomic mass is 79.9. The number of benzene rings is 1. The number of ether oxygens (including phenoxy) is 1.